The van der Waals surface area contributed by atoms with E-state index < -0.39 is 11.7 Å². The predicted molar refractivity (Wildman–Crippen MR) is 49.7 cm³/mol. The highest BCUT2D eigenvalue weighted by atomic mass is 16.2. The Hall–Kier alpha value is -1.10. The van der Waals surface area contributed by atoms with E-state index in [9.17, 15) is 9.59 Å². The molecule has 2 amide bonds. The second-order valence-corrected chi connectivity index (χ2v) is 3.66. The molecule has 0 saturated heterocycles. The van der Waals surface area contributed by atoms with Gasteiger partial charge in [-0.15, -0.1) is 0 Å². The molecule has 13 heavy (non-hydrogen) atoms. The molecule has 0 rings (SSSR count). The van der Waals surface area contributed by atoms with Crippen molar-refractivity contribution in [2.24, 2.45) is 5.73 Å². The zero-order valence-electron chi connectivity index (χ0n) is 8.47. The third-order valence-electron chi connectivity index (χ3n) is 1.44. The minimum Gasteiger partial charge on any atom is -0.335 e. The van der Waals surface area contributed by atoms with Gasteiger partial charge in [-0.05, 0) is 13.8 Å². The van der Waals surface area contributed by atoms with E-state index in [0.29, 0.717) is 0 Å². The normalized spacial score (nSPS) is 11.2. The summed E-state index contributed by atoms with van der Waals surface area (Å²) in [4.78, 5) is 21.5. The molecule has 4 N–H and O–H groups in total. The van der Waals surface area contributed by atoms with E-state index in [1.54, 1.807) is 13.8 Å². The van der Waals surface area contributed by atoms with Gasteiger partial charge in [0.05, 0.1) is 0 Å². The SMILES string of the molecule is CC(=O)NC(NC(C)=O)C(C)(C)N. The van der Waals surface area contributed by atoms with Crippen LogP contribution in [-0.2, 0) is 9.59 Å². The monoisotopic (exact) mass is 187 g/mol. The maximum absolute atomic E-state index is 10.8. The zero-order chi connectivity index (χ0) is 10.6. The Bertz CT molecular complexity index is 192. The molecule has 0 aromatic rings. The highest BCUT2D eigenvalue weighted by Crippen LogP contribution is 2.01. The molecule has 0 radical (unpaired) electrons. The second-order valence-electron chi connectivity index (χ2n) is 3.66. The number of hydrogen-bond acceptors (Lipinski definition) is 3. The van der Waals surface area contributed by atoms with Crippen molar-refractivity contribution in [1.82, 2.24) is 10.6 Å². The summed E-state index contributed by atoms with van der Waals surface area (Å²) in [5.41, 5.74) is 5.06. The van der Waals surface area contributed by atoms with Gasteiger partial charge in [-0.1, -0.05) is 0 Å². The van der Waals surface area contributed by atoms with Crippen molar-refractivity contribution < 1.29 is 9.59 Å². The first-order valence-corrected chi connectivity index (χ1v) is 4.06. The molecule has 0 atom stereocenters. The van der Waals surface area contributed by atoms with Crippen molar-refractivity contribution >= 4 is 11.8 Å². The Morgan fingerprint density at radius 2 is 1.46 bits per heavy atom. The van der Waals surface area contributed by atoms with Gasteiger partial charge < -0.3 is 16.4 Å². The van der Waals surface area contributed by atoms with Crippen molar-refractivity contribution in [3.63, 3.8) is 0 Å². The smallest absolute Gasteiger partial charge is 0.218 e. The van der Waals surface area contributed by atoms with Gasteiger partial charge in [-0.2, -0.15) is 0 Å². The van der Waals surface area contributed by atoms with E-state index in [-0.39, 0.29) is 11.8 Å². The van der Waals surface area contributed by atoms with Gasteiger partial charge in [-0.3, -0.25) is 9.59 Å². The van der Waals surface area contributed by atoms with E-state index in [1.807, 2.05) is 0 Å². The van der Waals surface area contributed by atoms with Gasteiger partial charge in [-0.25, -0.2) is 0 Å². The first-order valence-electron chi connectivity index (χ1n) is 4.06. The van der Waals surface area contributed by atoms with Crippen LogP contribution in [0.5, 0.6) is 0 Å². The predicted octanol–water partition coefficient (Wildman–Crippen LogP) is -0.678. The first kappa shape index (κ1) is 11.9. The van der Waals surface area contributed by atoms with Crippen LogP contribution in [0.15, 0.2) is 0 Å². The number of nitrogens with two attached hydrogens (primary N) is 1. The molecule has 0 aromatic carbocycles. The summed E-state index contributed by atoms with van der Waals surface area (Å²) in [5.74, 6) is -0.449. The van der Waals surface area contributed by atoms with Gasteiger partial charge in [0, 0.05) is 19.4 Å². The molecule has 0 fully saturated rings. The van der Waals surface area contributed by atoms with E-state index in [0.717, 1.165) is 0 Å². The van der Waals surface area contributed by atoms with Crippen LogP contribution in [-0.4, -0.2) is 23.5 Å². The van der Waals surface area contributed by atoms with Crippen LogP contribution < -0.4 is 16.4 Å². The van der Waals surface area contributed by atoms with Crippen molar-refractivity contribution in [2.45, 2.75) is 39.4 Å². The molecule has 0 heterocycles. The summed E-state index contributed by atoms with van der Waals surface area (Å²) < 4.78 is 0. The lowest BCUT2D eigenvalue weighted by atomic mass is 10.0. The molecule has 0 bridgehead atoms. The highest BCUT2D eigenvalue weighted by molar-refractivity contribution is 5.76. The third-order valence-corrected chi connectivity index (χ3v) is 1.44. The third kappa shape index (κ3) is 5.19. The quantitative estimate of drug-likeness (QED) is 0.512. The Morgan fingerprint density at radius 3 is 1.62 bits per heavy atom. The minimum atomic E-state index is -0.683. The van der Waals surface area contributed by atoms with Crippen LogP contribution >= 0.6 is 0 Å². The lowest BCUT2D eigenvalue weighted by Gasteiger charge is -2.31. The lowest BCUT2D eigenvalue weighted by molar-refractivity contribution is -0.123. The molecule has 0 aliphatic carbocycles. The number of nitrogens with one attached hydrogen (secondary N) is 2. The largest absolute Gasteiger partial charge is 0.335 e. The fourth-order valence-corrected chi connectivity index (χ4v) is 0.815. The summed E-state index contributed by atoms with van der Waals surface area (Å²) in [5, 5.41) is 5.11. The van der Waals surface area contributed by atoms with Crippen molar-refractivity contribution in [1.29, 1.82) is 0 Å². The van der Waals surface area contributed by atoms with E-state index >= 15 is 0 Å². The van der Waals surface area contributed by atoms with Crippen LogP contribution in [0.4, 0.5) is 0 Å². The Morgan fingerprint density at radius 1 is 1.15 bits per heavy atom. The van der Waals surface area contributed by atoms with Crippen LogP contribution in [0.25, 0.3) is 0 Å². The van der Waals surface area contributed by atoms with E-state index in [4.69, 9.17) is 5.73 Å². The Kier molecular flexibility index (Phi) is 3.87. The average Bonchev–Trinajstić information content (AvgIpc) is 1.81. The van der Waals surface area contributed by atoms with Crippen molar-refractivity contribution in [2.75, 3.05) is 0 Å². The molecule has 76 valence electrons. The molecule has 0 aliphatic heterocycles. The number of carbonyl (C=O) groups excluding carboxylic acids is 2. The van der Waals surface area contributed by atoms with Gasteiger partial charge in [0.15, 0.2) is 0 Å². The molecule has 0 aromatic heterocycles. The average molecular weight is 187 g/mol. The molecule has 0 aliphatic rings. The van der Waals surface area contributed by atoms with Crippen molar-refractivity contribution in [3.8, 4) is 0 Å². The van der Waals surface area contributed by atoms with E-state index in [2.05, 4.69) is 10.6 Å². The molecule has 5 nitrogen and oxygen atoms in total. The fraction of sp³-hybridized carbons (Fsp3) is 0.750. The van der Waals surface area contributed by atoms with Crippen LogP contribution in [0.3, 0.4) is 0 Å². The van der Waals surface area contributed by atoms with Crippen LogP contribution in [0, 0.1) is 0 Å². The standard InChI is InChI=1S/C8H17N3O2/c1-5(12)10-7(8(3,4)9)11-6(2)13/h7H,9H2,1-4H3,(H,10,12)(H,11,13). The number of rotatable bonds is 3. The summed E-state index contributed by atoms with van der Waals surface area (Å²) in [6, 6.07) is 0. The minimum absolute atomic E-state index is 0.225. The number of amides is 2. The summed E-state index contributed by atoms with van der Waals surface area (Å²) in [6.07, 6.45) is -0.539. The molecular formula is C8H17N3O2. The molecule has 0 spiro atoms. The summed E-state index contributed by atoms with van der Waals surface area (Å²) in [7, 11) is 0. The second kappa shape index (κ2) is 4.23. The molecular weight excluding hydrogens is 170 g/mol. The highest BCUT2D eigenvalue weighted by Gasteiger charge is 2.26. The Balaban J connectivity index is 4.37. The van der Waals surface area contributed by atoms with Gasteiger partial charge in [0.1, 0.15) is 6.17 Å². The maximum atomic E-state index is 10.8. The summed E-state index contributed by atoms with van der Waals surface area (Å²) >= 11 is 0. The maximum Gasteiger partial charge on any atom is 0.218 e. The van der Waals surface area contributed by atoms with Crippen LogP contribution in [0.2, 0.25) is 0 Å². The number of hydrogen-bond donors (Lipinski definition) is 3. The lowest BCUT2D eigenvalue weighted by Crippen LogP contribution is -2.62. The van der Waals surface area contributed by atoms with Crippen molar-refractivity contribution in [3.05, 3.63) is 0 Å². The first-order chi connectivity index (χ1) is 5.73. The molecule has 0 saturated carbocycles. The summed E-state index contributed by atoms with van der Waals surface area (Å²) in [6.45, 7) is 6.20. The van der Waals surface area contributed by atoms with Crippen LogP contribution in [0.1, 0.15) is 27.7 Å². The Labute approximate surface area is 78.1 Å². The van der Waals surface area contributed by atoms with Gasteiger partial charge in [0.2, 0.25) is 11.8 Å². The van der Waals surface area contributed by atoms with Gasteiger partial charge >= 0.3 is 0 Å². The molecule has 0 unspecified atom stereocenters. The van der Waals surface area contributed by atoms with Gasteiger partial charge in [0.25, 0.3) is 0 Å². The fourth-order valence-electron chi connectivity index (χ4n) is 0.815. The molecule has 5 heteroatoms. The zero-order valence-corrected chi connectivity index (χ0v) is 8.47. The van der Waals surface area contributed by atoms with E-state index in [1.165, 1.54) is 13.8 Å². The topological polar surface area (TPSA) is 84.2 Å². The number of carbonyl (C=O) groups is 2.